The number of carbonyl (C=O) groups excluding carboxylic acids is 1. The van der Waals surface area contributed by atoms with Gasteiger partial charge in [0, 0.05) is 22.8 Å². The number of anilines is 1. The molecule has 1 heterocycles. The minimum atomic E-state index is -0.327. The van der Waals surface area contributed by atoms with E-state index in [1.807, 2.05) is 0 Å². The lowest BCUT2D eigenvalue weighted by atomic mass is 9.87. The summed E-state index contributed by atoms with van der Waals surface area (Å²) >= 11 is 5.84. The summed E-state index contributed by atoms with van der Waals surface area (Å²) in [5.74, 6) is 0.251. The van der Waals surface area contributed by atoms with Gasteiger partial charge >= 0.3 is 0 Å². The van der Waals surface area contributed by atoms with Gasteiger partial charge in [-0.1, -0.05) is 17.7 Å². The van der Waals surface area contributed by atoms with Crippen molar-refractivity contribution in [1.82, 2.24) is 5.43 Å². The maximum absolute atomic E-state index is 12.0. The van der Waals surface area contributed by atoms with Gasteiger partial charge in [-0.2, -0.15) is 5.10 Å². The fraction of sp³-hybridized carbons (Fsp3) is 0.333. The van der Waals surface area contributed by atoms with E-state index in [1.165, 1.54) is 16.8 Å². The van der Waals surface area contributed by atoms with Crippen molar-refractivity contribution in [3.8, 4) is 5.75 Å². The third-order valence-electron chi connectivity index (χ3n) is 5.26. The zero-order valence-corrected chi connectivity index (χ0v) is 18.9. The van der Waals surface area contributed by atoms with E-state index in [0.717, 1.165) is 17.7 Å². The van der Waals surface area contributed by atoms with Crippen molar-refractivity contribution in [2.45, 2.75) is 40.2 Å². The highest BCUT2D eigenvalue weighted by molar-refractivity contribution is 6.30. The van der Waals surface area contributed by atoms with E-state index in [1.54, 1.807) is 30.5 Å². The molecule has 6 heteroatoms. The summed E-state index contributed by atoms with van der Waals surface area (Å²) in [5, 5.41) is 4.73. The van der Waals surface area contributed by atoms with Crippen LogP contribution in [-0.2, 0) is 4.79 Å². The summed E-state index contributed by atoms with van der Waals surface area (Å²) in [6, 6.07) is 11.2. The molecular formula is C24H28ClN3O2. The summed E-state index contributed by atoms with van der Waals surface area (Å²) < 4.78 is 5.42. The number of benzene rings is 2. The van der Waals surface area contributed by atoms with Crippen LogP contribution in [0.25, 0.3) is 5.57 Å². The van der Waals surface area contributed by atoms with E-state index in [4.69, 9.17) is 16.3 Å². The van der Waals surface area contributed by atoms with Gasteiger partial charge in [0.1, 0.15) is 5.75 Å². The number of allylic oxidation sites excluding steroid dienone is 1. The zero-order valence-electron chi connectivity index (χ0n) is 18.1. The second-order valence-corrected chi connectivity index (χ2v) is 8.42. The van der Waals surface area contributed by atoms with Crippen LogP contribution in [-0.4, -0.2) is 30.8 Å². The fourth-order valence-corrected chi connectivity index (χ4v) is 3.97. The van der Waals surface area contributed by atoms with Crippen LogP contribution in [0.15, 0.2) is 47.6 Å². The number of hydrogen-bond acceptors (Lipinski definition) is 4. The van der Waals surface area contributed by atoms with E-state index < -0.39 is 0 Å². The van der Waals surface area contributed by atoms with Crippen LogP contribution in [0.4, 0.5) is 5.69 Å². The van der Waals surface area contributed by atoms with Gasteiger partial charge in [0.05, 0.1) is 11.8 Å². The summed E-state index contributed by atoms with van der Waals surface area (Å²) in [6.45, 7) is 11.6. The molecule has 1 amide bonds. The molecule has 0 aromatic heterocycles. The molecule has 0 unspecified atom stereocenters. The van der Waals surface area contributed by atoms with Crippen molar-refractivity contribution in [3.63, 3.8) is 0 Å². The SMILES string of the molecule is CCN1c2cc(C)c(/C=N\NC(=O)COc3ccc(Cl)cc3)cc2C(C)=CC1(C)C. The second-order valence-electron chi connectivity index (χ2n) is 7.99. The molecule has 0 saturated carbocycles. The largest absolute Gasteiger partial charge is 0.484 e. The lowest BCUT2D eigenvalue weighted by Gasteiger charge is -2.43. The van der Waals surface area contributed by atoms with Crippen molar-refractivity contribution in [2.75, 3.05) is 18.1 Å². The molecular weight excluding hydrogens is 398 g/mol. The average Bonchev–Trinajstić information content (AvgIpc) is 2.68. The topological polar surface area (TPSA) is 53.9 Å². The summed E-state index contributed by atoms with van der Waals surface area (Å²) in [7, 11) is 0. The maximum Gasteiger partial charge on any atom is 0.277 e. The Morgan fingerprint density at radius 2 is 1.93 bits per heavy atom. The van der Waals surface area contributed by atoms with Crippen LogP contribution in [0, 0.1) is 6.92 Å². The third kappa shape index (κ3) is 4.85. The quantitative estimate of drug-likeness (QED) is 0.511. The second kappa shape index (κ2) is 8.92. The Hall–Kier alpha value is -2.79. The molecule has 0 aliphatic carbocycles. The number of halogens is 1. The predicted octanol–water partition coefficient (Wildman–Crippen LogP) is 5.20. The molecule has 30 heavy (non-hydrogen) atoms. The minimum Gasteiger partial charge on any atom is -0.484 e. The van der Waals surface area contributed by atoms with E-state index in [0.29, 0.717) is 10.8 Å². The molecule has 1 N–H and O–H groups in total. The van der Waals surface area contributed by atoms with Crippen LogP contribution < -0.4 is 15.1 Å². The number of hydrogen-bond donors (Lipinski definition) is 1. The summed E-state index contributed by atoms with van der Waals surface area (Å²) in [6.07, 6.45) is 3.98. The smallest absolute Gasteiger partial charge is 0.277 e. The van der Waals surface area contributed by atoms with Crippen LogP contribution in [0.1, 0.15) is 44.4 Å². The Balaban J connectivity index is 1.68. The third-order valence-corrected chi connectivity index (χ3v) is 5.51. The number of ether oxygens (including phenoxy) is 1. The first-order valence-electron chi connectivity index (χ1n) is 10.0. The molecule has 0 saturated heterocycles. The van der Waals surface area contributed by atoms with Gasteiger partial charge in [-0.3, -0.25) is 4.79 Å². The highest BCUT2D eigenvalue weighted by atomic mass is 35.5. The van der Waals surface area contributed by atoms with E-state index in [-0.39, 0.29) is 18.1 Å². The normalized spacial score (nSPS) is 15.0. The Kier molecular flexibility index (Phi) is 6.52. The van der Waals surface area contributed by atoms with Crippen molar-refractivity contribution in [2.24, 2.45) is 5.10 Å². The monoisotopic (exact) mass is 425 g/mol. The Bertz CT molecular complexity index is 994. The van der Waals surface area contributed by atoms with Crippen LogP contribution in [0.5, 0.6) is 5.75 Å². The molecule has 2 aromatic carbocycles. The van der Waals surface area contributed by atoms with Crippen LogP contribution >= 0.6 is 11.6 Å². The predicted molar refractivity (Wildman–Crippen MR) is 125 cm³/mol. The molecule has 158 valence electrons. The van der Waals surface area contributed by atoms with Crippen molar-refractivity contribution >= 4 is 35.0 Å². The average molecular weight is 426 g/mol. The molecule has 2 aromatic rings. The Morgan fingerprint density at radius 1 is 1.23 bits per heavy atom. The standard InChI is InChI=1S/C24H28ClN3O2/c1-6-28-22-11-16(2)18(12-21(22)17(3)13-24(28,4)5)14-26-27-23(29)15-30-20-9-7-19(25)8-10-20/h7-14H,6,15H2,1-5H3,(H,27,29)/b26-14-. The number of nitrogens with one attached hydrogen (secondary N) is 1. The molecule has 0 bridgehead atoms. The number of rotatable bonds is 6. The van der Waals surface area contributed by atoms with Gasteiger partial charge in [-0.05, 0) is 87.7 Å². The maximum atomic E-state index is 12.0. The lowest BCUT2D eigenvalue weighted by Crippen LogP contribution is -2.45. The van der Waals surface area contributed by atoms with Crippen molar-refractivity contribution in [3.05, 3.63) is 64.2 Å². The van der Waals surface area contributed by atoms with Gasteiger partial charge in [-0.15, -0.1) is 0 Å². The van der Waals surface area contributed by atoms with Gasteiger partial charge in [-0.25, -0.2) is 5.43 Å². The number of nitrogens with zero attached hydrogens (tertiary/aromatic N) is 2. The summed E-state index contributed by atoms with van der Waals surface area (Å²) in [4.78, 5) is 14.4. The summed E-state index contributed by atoms with van der Waals surface area (Å²) in [5.41, 5.74) is 8.24. The fourth-order valence-electron chi connectivity index (χ4n) is 3.85. The van der Waals surface area contributed by atoms with Gasteiger partial charge < -0.3 is 9.64 Å². The van der Waals surface area contributed by atoms with E-state index in [9.17, 15) is 4.79 Å². The number of aryl methyl sites for hydroxylation is 1. The van der Waals surface area contributed by atoms with Crippen molar-refractivity contribution < 1.29 is 9.53 Å². The zero-order chi connectivity index (χ0) is 21.9. The van der Waals surface area contributed by atoms with Gasteiger partial charge in [0.15, 0.2) is 6.61 Å². The molecule has 1 aliphatic rings. The van der Waals surface area contributed by atoms with E-state index >= 15 is 0 Å². The highest BCUT2D eigenvalue weighted by Gasteiger charge is 2.30. The number of amides is 1. The number of likely N-dealkylation sites (N-methyl/N-ethyl adjacent to an activating group) is 1. The minimum absolute atomic E-state index is 0.0219. The molecule has 3 rings (SSSR count). The molecule has 0 radical (unpaired) electrons. The van der Waals surface area contributed by atoms with Crippen LogP contribution in [0.2, 0.25) is 5.02 Å². The molecule has 1 aliphatic heterocycles. The van der Waals surface area contributed by atoms with Crippen molar-refractivity contribution in [1.29, 1.82) is 0 Å². The van der Waals surface area contributed by atoms with Gasteiger partial charge in [0.2, 0.25) is 0 Å². The Morgan fingerprint density at radius 3 is 2.60 bits per heavy atom. The van der Waals surface area contributed by atoms with Crippen LogP contribution in [0.3, 0.4) is 0 Å². The number of carbonyl (C=O) groups is 1. The molecule has 0 atom stereocenters. The van der Waals surface area contributed by atoms with E-state index in [2.05, 4.69) is 68.3 Å². The highest BCUT2D eigenvalue weighted by Crippen LogP contribution is 2.39. The number of hydrazone groups is 1. The first-order chi connectivity index (χ1) is 14.2. The Labute approximate surface area is 183 Å². The lowest BCUT2D eigenvalue weighted by molar-refractivity contribution is -0.123. The number of fused-ring (bicyclic) bond motifs is 1. The first kappa shape index (κ1) is 21.9. The van der Waals surface area contributed by atoms with Gasteiger partial charge in [0.25, 0.3) is 5.91 Å². The first-order valence-corrected chi connectivity index (χ1v) is 10.4. The molecule has 5 nitrogen and oxygen atoms in total. The molecule has 0 fully saturated rings. The molecule has 0 spiro atoms.